The van der Waals surface area contributed by atoms with Gasteiger partial charge in [0.2, 0.25) is 0 Å². The van der Waals surface area contributed by atoms with Crippen LogP contribution in [-0.4, -0.2) is 13.1 Å². The summed E-state index contributed by atoms with van der Waals surface area (Å²) in [5, 5.41) is 0. The molecule has 0 aromatic heterocycles. The maximum absolute atomic E-state index is 13.3. The van der Waals surface area contributed by atoms with E-state index in [1.165, 1.54) is 6.07 Å². The van der Waals surface area contributed by atoms with Crippen molar-refractivity contribution >= 4 is 17.3 Å². The van der Waals surface area contributed by atoms with Crippen LogP contribution in [0, 0.1) is 5.92 Å². The molecule has 0 N–H and O–H groups in total. The van der Waals surface area contributed by atoms with Crippen LogP contribution in [-0.2, 0) is 12.1 Å². The molecule has 0 aliphatic carbocycles. The zero-order valence-electron chi connectivity index (χ0n) is 12.2. The first kappa shape index (κ1) is 16.5. The van der Waals surface area contributed by atoms with Gasteiger partial charge in [0.05, 0.1) is 5.56 Å². The van der Waals surface area contributed by atoms with Crippen molar-refractivity contribution in [2.45, 2.75) is 44.7 Å². The lowest BCUT2D eigenvalue weighted by atomic mass is 9.98. The van der Waals surface area contributed by atoms with Crippen molar-refractivity contribution in [3.05, 3.63) is 29.3 Å². The molecular formula is C16H21ClF3N. The molecule has 1 atom stereocenters. The molecule has 21 heavy (non-hydrogen) atoms. The van der Waals surface area contributed by atoms with Crippen LogP contribution in [0.1, 0.15) is 43.7 Å². The molecule has 118 valence electrons. The zero-order chi connectivity index (χ0) is 15.5. The Kier molecular flexibility index (Phi) is 5.42. The molecule has 1 aromatic rings. The molecule has 1 fully saturated rings. The predicted octanol–water partition coefficient (Wildman–Crippen LogP) is 5.46. The molecule has 0 spiro atoms. The third-order valence-electron chi connectivity index (χ3n) is 4.29. The summed E-state index contributed by atoms with van der Waals surface area (Å²) in [7, 11) is 0. The monoisotopic (exact) mass is 319 g/mol. The summed E-state index contributed by atoms with van der Waals surface area (Å²) in [6, 6.07) is 4.46. The van der Waals surface area contributed by atoms with E-state index in [1.54, 1.807) is 12.1 Å². The predicted molar refractivity (Wildman–Crippen MR) is 80.8 cm³/mol. The highest BCUT2D eigenvalue weighted by Gasteiger charge is 2.35. The third kappa shape index (κ3) is 4.06. The summed E-state index contributed by atoms with van der Waals surface area (Å²) < 4.78 is 39.9. The fourth-order valence-corrected chi connectivity index (χ4v) is 3.15. The van der Waals surface area contributed by atoms with Crippen molar-refractivity contribution in [2.75, 3.05) is 18.0 Å². The van der Waals surface area contributed by atoms with Crippen molar-refractivity contribution < 1.29 is 13.2 Å². The van der Waals surface area contributed by atoms with E-state index in [4.69, 9.17) is 11.6 Å². The highest BCUT2D eigenvalue weighted by Crippen LogP contribution is 2.38. The second-order valence-corrected chi connectivity index (χ2v) is 5.94. The molecular weight excluding hydrogens is 299 g/mol. The van der Waals surface area contributed by atoms with Crippen LogP contribution >= 0.6 is 11.6 Å². The molecule has 0 saturated carbocycles. The number of hydrogen-bond donors (Lipinski definition) is 0. The molecule has 1 unspecified atom stereocenters. The van der Waals surface area contributed by atoms with Gasteiger partial charge in [0.15, 0.2) is 0 Å². The van der Waals surface area contributed by atoms with E-state index in [1.807, 2.05) is 4.90 Å². The van der Waals surface area contributed by atoms with E-state index in [0.717, 1.165) is 25.7 Å². The number of rotatable bonds is 3. The Bertz CT molecular complexity index is 473. The molecule has 1 aliphatic rings. The largest absolute Gasteiger partial charge is 0.418 e. The van der Waals surface area contributed by atoms with Gasteiger partial charge in [0, 0.05) is 24.7 Å². The van der Waals surface area contributed by atoms with Crippen LogP contribution in [0.3, 0.4) is 0 Å². The lowest BCUT2D eigenvalue weighted by Crippen LogP contribution is -2.27. The molecule has 1 saturated heterocycles. The van der Waals surface area contributed by atoms with E-state index < -0.39 is 11.7 Å². The second-order valence-electron chi connectivity index (χ2n) is 5.68. The van der Waals surface area contributed by atoms with Crippen molar-refractivity contribution in [1.29, 1.82) is 0 Å². The van der Waals surface area contributed by atoms with Crippen molar-refractivity contribution in [1.82, 2.24) is 0 Å². The molecule has 1 aliphatic heterocycles. The molecule has 0 radical (unpaired) electrons. The van der Waals surface area contributed by atoms with E-state index in [0.29, 0.717) is 30.3 Å². The standard InChI is InChI=1S/C16H21ClF3N/c1-2-12-4-3-8-21(9-7-12)15-6-5-13(11-17)10-14(15)16(18,19)20/h5-6,10,12H,2-4,7-9,11H2,1H3. The smallest absolute Gasteiger partial charge is 0.371 e. The Hall–Kier alpha value is -0.900. The normalized spacial score (nSPS) is 20.4. The summed E-state index contributed by atoms with van der Waals surface area (Å²) in [4.78, 5) is 1.89. The van der Waals surface area contributed by atoms with E-state index in [2.05, 4.69) is 6.92 Å². The van der Waals surface area contributed by atoms with E-state index >= 15 is 0 Å². The fourth-order valence-electron chi connectivity index (χ4n) is 2.98. The number of halogens is 4. The van der Waals surface area contributed by atoms with Crippen LogP contribution in [0.15, 0.2) is 18.2 Å². The Labute approximate surface area is 129 Å². The Balaban J connectivity index is 2.30. The molecule has 1 nitrogen and oxygen atoms in total. The molecule has 2 rings (SSSR count). The summed E-state index contributed by atoms with van der Waals surface area (Å²) in [5.41, 5.74) is 0.248. The first-order valence-electron chi connectivity index (χ1n) is 7.46. The Morgan fingerprint density at radius 1 is 1.24 bits per heavy atom. The number of alkyl halides is 4. The minimum Gasteiger partial charge on any atom is -0.371 e. The lowest BCUT2D eigenvalue weighted by Gasteiger charge is -2.27. The maximum atomic E-state index is 13.3. The number of benzene rings is 1. The minimum absolute atomic E-state index is 0.0985. The average Bonchev–Trinajstić information content (AvgIpc) is 2.71. The fraction of sp³-hybridized carbons (Fsp3) is 0.625. The zero-order valence-corrected chi connectivity index (χ0v) is 13.0. The SMILES string of the molecule is CCC1CCCN(c2ccc(CCl)cc2C(F)(F)F)CC1. The van der Waals surface area contributed by atoms with E-state index in [-0.39, 0.29) is 5.88 Å². The van der Waals surface area contributed by atoms with Gasteiger partial charge in [-0.05, 0) is 42.9 Å². The summed E-state index contributed by atoms with van der Waals surface area (Å²) in [6.07, 6.45) is -0.217. The van der Waals surface area contributed by atoms with Gasteiger partial charge in [-0.1, -0.05) is 19.4 Å². The maximum Gasteiger partial charge on any atom is 0.418 e. The molecule has 0 amide bonds. The van der Waals surface area contributed by atoms with Gasteiger partial charge in [-0.25, -0.2) is 0 Å². The first-order valence-corrected chi connectivity index (χ1v) is 8.00. The van der Waals surface area contributed by atoms with Crippen LogP contribution in [0.2, 0.25) is 0 Å². The van der Waals surface area contributed by atoms with Crippen LogP contribution in [0.25, 0.3) is 0 Å². The molecule has 0 bridgehead atoms. The van der Waals surface area contributed by atoms with Gasteiger partial charge in [-0.2, -0.15) is 13.2 Å². The van der Waals surface area contributed by atoms with Crippen LogP contribution in [0.5, 0.6) is 0 Å². The van der Waals surface area contributed by atoms with Crippen molar-refractivity contribution in [3.8, 4) is 0 Å². The highest BCUT2D eigenvalue weighted by atomic mass is 35.5. The second kappa shape index (κ2) is 6.91. The van der Waals surface area contributed by atoms with Gasteiger partial charge < -0.3 is 4.90 Å². The van der Waals surface area contributed by atoms with Crippen molar-refractivity contribution in [2.24, 2.45) is 5.92 Å². The van der Waals surface area contributed by atoms with Gasteiger partial charge in [-0.3, -0.25) is 0 Å². The van der Waals surface area contributed by atoms with E-state index in [9.17, 15) is 13.2 Å². The van der Waals surface area contributed by atoms with Crippen LogP contribution in [0.4, 0.5) is 18.9 Å². The minimum atomic E-state index is -4.34. The Morgan fingerprint density at radius 3 is 2.62 bits per heavy atom. The topological polar surface area (TPSA) is 3.24 Å². The number of anilines is 1. The molecule has 1 aromatic carbocycles. The molecule has 1 heterocycles. The number of hydrogen-bond acceptors (Lipinski definition) is 1. The van der Waals surface area contributed by atoms with Gasteiger partial charge in [0.25, 0.3) is 0 Å². The quantitative estimate of drug-likeness (QED) is 0.669. The Morgan fingerprint density at radius 2 is 2.00 bits per heavy atom. The highest BCUT2D eigenvalue weighted by molar-refractivity contribution is 6.17. The summed E-state index contributed by atoms with van der Waals surface area (Å²) in [6.45, 7) is 3.54. The molecule has 5 heteroatoms. The summed E-state index contributed by atoms with van der Waals surface area (Å²) >= 11 is 5.67. The third-order valence-corrected chi connectivity index (χ3v) is 4.59. The summed E-state index contributed by atoms with van der Waals surface area (Å²) in [5.74, 6) is 0.729. The number of nitrogens with zero attached hydrogens (tertiary/aromatic N) is 1. The van der Waals surface area contributed by atoms with Crippen molar-refractivity contribution in [3.63, 3.8) is 0 Å². The van der Waals surface area contributed by atoms with Gasteiger partial charge in [-0.15, -0.1) is 11.6 Å². The first-order chi connectivity index (χ1) is 9.95. The lowest BCUT2D eigenvalue weighted by molar-refractivity contribution is -0.137. The van der Waals surface area contributed by atoms with Gasteiger partial charge in [0.1, 0.15) is 0 Å². The average molecular weight is 320 g/mol. The van der Waals surface area contributed by atoms with Crippen LogP contribution < -0.4 is 4.90 Å². The van der Waals surface area contributed by atoms with Gasteiger partial charge >= 0.3 is 6.18 Å².